The maximum Gasteiger partial charge on any atom is 0.251 e. The number of H-pyrrole nitrogens is 1. The van der Waals surface area contributed by atoms with Gasteiger partial charge in [-0.05, 0) is 72.6 Å². The van der Waals surface area contributed by atoms with Gasteiger partial charge in [-0.15, -0.1) is 0 Å². The molecule has 6 heteroatoms. The lowest BCUT2D eigenvalue weighted by Crippen LogP contribution is -2.57. The predicted octanol–water partition coefficient (Wildman–Crippen LogP) is 1.99. The highest BCUT2D eigenvalue weighted by Gasteiger charge is 2.34. The van der Waals surface area contributed by atoms with E-state index >= 15 is 0 Å². The minimum atomic E-state index is 0.0280. The normalized spacial score (nSPS) is 28.0. The van der Waals surface area contributed by atoms with Crippen molar-refractivity contribution >= 4 is 39.4 Å². The molecule has 4 heterocycles. The molecule has 2 N–H and O–H groups in total. The van der Waals surface area contributed by atoms with E-state index in [0.717, 1.165) is 21.1 Å². The average molecular weight is 396 g/mol. The van der Waals surface area contributed by atoms with Crippen LogP contribution in [0.1, 0.15) is 23.2 Å². The van der Waals surface area contributed by atoms with Gasteiger partial charge in [-0.3, -0.25) is 9.89 Å². The van der Waals surface area contributed by atoms with Gasteiger partial charge in [0.05, 0.1) is 5.52 Å². The van der Waals surface area contributed by atoms with Gasteiger partial charge in [-0.2, -0.15) is 5.10 Å². The Morgan fingerprint density at radius 1 is 1.38 bits per heavy atom. The summed E-state index contributed by atoms with van der Waals surface area (Å²) in [5.41, 5.74) is 1.62. The van der Waals surface area contributed by atoms with Crippen LogP contribution in [0.3, 0.4) is 0 Å². The monoisotopic (exact) mass is 396 g/mol. The molecule has 3 fully saturated rings. The number of fused-ring (bicyclic) bond motifs is 4. The number of hydrogen-bond donors (Lipinski definition) is 2. The molecule has 2 bridgehead atoms. The number of nitrogens with one attached hydrogen (secondary N) is 2. The molecule has 21 heavy (non-hydrogen) atoms. The highest BCUT2D eigenvalue weighted by atomic mass is 127. The Morgan fingerprint density at radius 2 is 2.19 bits per heavy atom. The molecule has 0 aliphatic carbocycles. The number of nitrogens with zero attached hydrogens (tertiary/aromatic N) is 2. The summed E-state index contributed by atoms with van der Waals surface area (Å²) in [5, 5.41) is 11.4. The van der Waals surface area contributed by atoms with Gasteiger partial charge < -0.3 is 10.2 Å². The molecule has 5 nitrogen and oxygen atoms in total. The first-order valence-corrected chi connectivity index (χ1v) is 8.45. The fraction of sp³-hybridized carbons (Fsp3) is 0.467. The zero-order valence-electron chi connectivity index (χ0n) is 11.6. The second kappa shape index (κ2) is 5.24. The van der Waals surface area contributed by atoms with Gasteiger partial charge >= 0.3 is 0 Å². The van der Waals surface area contributed by atoms with Crippen molar-refractivity contribution < 1.29 is 4.79 Å². The number of carbonyl (C=O) groups excluding carboxylic acids is 1. The maximum atomic E-state index is 12.5. The van der Waals surface area contributed by atoms with Crippen LogP contribution in [-0.4, -0.2) is 46.7 Å². The predicted molar refractivity (Wildman–Crippen MR) is 89.2 cm³/mol. The molecule has 0 saturated carbocycles. The zero-order chi connectivity index (χ0) is 14.4. The number of halogens is 1. The minimum Gasteiger partial charge on any atom is -0.348 e. The number of piperidine rings is 3. The number of rotatable bonds is 2. The Morgan fingerprint density at radius 3 is 2.90 bits per heavy atom. The van der Waals surface area contributed by atoms with Gasteiger partial charge in [0.1, 0.15) is 3.70 Å². The van der Waals surface area contributed by atoms with Crippen LogP contribution >= 0.6 is 22.6 Å². The molecule has 5 rings (SSSR count). The standard InChI is InChI=1S/C15H17IN4O/c16-14-11-2-1-10(7-12(11)18-19-14)15(21)17-13-8-20-5-3-9(13)4-6-20/h1-2,7,9,13H,3-6,8H2,(H,17,21)(H,18,19)/t13-/m0/s1. The van der Waals surface area contributed by atoms with Gasteiger partial charge in [-0.1, -0.05) is 0 Å². The molecular formula is C15H17IN4O. The van der Waals surface area contributed by atoms with Crippen molar-refractivity contribution in [2.24, 2.45) is 5.92 Å². The molecule has 1 amide bonds. The third kappa shape index (κ3) is 2.44. The van der Waals surface area contributed by atoms with E-state index in [1.807, 2.05) is 18.2 Å². The third-order valence-electron chi connectivity index (χ3n) is 4.75. The molecule has 2 aromatic rings. The number of carbonyl (C=O) groups is 1. The van der Waals surface area contributed by atoms with Crippen LogP contribution < -0.4 is 5.32 Å². The number of aromatic amines is 1. The first kappa shape index (κ1) is 13.5. The van der Waals surface area contributed by atoms with E-state index in [4.69, 9.17) is 0 Å². The zero-order valence-corrected chi connectivity index (χ0v) is 13.8. The van der Waals surface area contributed by atoms with Crippen molar-refractivity contribution in [3.05, 3.63) is 27.5 Å². The summed E-state index contributed by atoms with van der Waals surface area (Å²) in [4.78, 5) is 14.9. The second-order valence-corrected chi connectivity index (χ2v) is 7.01. The topological polar surface area (TPSA) is 61.0 Å². The Balaban J connectivity index is 1.53. The lowest BCUT2D eigenvalue weighted by molar-refractivity contribution is 0.0620. The molecule has 3 aliphatic rings. The van der Waals surface area contributed by atoms with Gasteiger partial charge in [0.2, 0.25) is 0 Å². The van der Waals surface area contributed by atoms with Crippen LogP contribution in [0.25, 0.3) is 10.9 Å². The maximum absolute atomic E-state index is 12.5. The van der Waals surface area contributed by atoms with Crippen molar-refractivity contribution in [1.29, 1.82) is 0 Å². The van der Waals surface area contributed by atoms with E-state index in [1.165, 1.54) is 25.9 Å². The summed E-state index contributed by atoms with van der Waals surface area (Å²) >= 11 is 2.19. The lowest BCUT2D eigenvalue weighted by Gasteiger charge is -2.44. The largest absolute Gasteiger partial charge is 0.348 e. The van der Waals surface area contributed by atoms with Crippen LogP contribution in [-0.2, 0) is 0 Å². The van der Waals surface area contributed by atoms with Crippen molar-refractivity contribution in [2.75, 3.05) is 19.6 Å². The van der Waals surface area contributed by atoms with E-state index in [9.17, 15) is 4.79 Å². The van der Waals surface area contributed by atoms with Crippen molar-refractivity contribution in [3.8, 4) is 0 Å². The highest BCUT2D eigenvalue weighted by molar-refractivity contribution is 14.1. The molecule has 0 radical (unpaired) electrons. The summed E-state index contributed by atoms with van der Waals surface area (Å²) in [6.45, 7) is 3.38. The molecule has 1 atom stereocenters. The van der Waals surface area contributed by atoms with Gasteiger partial charge in [0.25, 0.3) is 5.91 Å². The lowest BCUT2D eigenvalue weighted by atomic mass is 9.84. The summed E-state index contributed by atoms with van der Waals surface area (Å²) < 4.78 is 0.937. The molecule has 110 valence electrons. The fourth-order valence-electron chi connectivity index (χ4n) is 3.51. The Bertz CT molecular complexity index is 690. The van der Waals surface area contributed by atoms with Gasteiger partial charge in [0.15, 0.2) is 0 Å². The van der Waals surface area contributed by atoms with Crippen LogP contribution in [0.15, 0.2) is 18.2 Å². The summed E-state index contributed by atoms with van der Waals surface area (Å²) in [5.74, 6) is 0.677. The summed E-state index contributed by atoms with van der Waals surface area (Å²) in [7, 11) is 0. The van der Waals surface area contributed by atoms with Crippen molar-refractivity contribution in [2.45, 2.75) is 18.9 Å². The Labute approximate surface area is 136 Å². The average Bonchev–Trinajstić information content (AvgIpc) is 2.89. The van der Waals surface area contributed by atoms with Crippen LogP contribution in [0.5, 0.6) is 0 Å². The number of benzene rings is 1. The van der Waals surface area contributed by atoms with Gasteiger partial charge in [-0.25, -0.2) is 0 Å². The van der Waals surface area contributed by atoms with E-state index in [0.29, 0.717) is 17.5 Å². The smallest absolute Gasteiger partial charge is 0.251 e. The quantitative estimate of drug-likeness (QED) is 0.764. The molecular weight excluding hydrogens is 379 g/mol. The van der Waals surface area contributed by atoms with Gasteiger partial charge in [0, 0.05) is 23.5 Å². The molecule has 3 aliphatic heterocycles. The minimum absolute atomic E-state index is 0.0280. The molecule has 0 unspecified atom stereocenters. The van der Waals surface area contributed by atoms with E-state index < -0.39 is 0 Å². The van der Waals surface area contributed by atoms with Crippen molar-refractivity contribution in [1.82, 2.24) is 20.4 Å². The van der Waals surface area contributed by atoms with E-state index in [2.05, 4.69) is 43.0 Å². The first-order valence-electron chi connectivity index (χ1n) is 7.37. The molecule has 1 aromatic carbocycles. The molecule has 1 aromatic heterocycles. The van der Waals surface area contributed by atoms with E-state index in [1.54, 1.807) is 0 Å². The Hall–Kier alpha value is -1.15. The van der Waals surface area contributed by atoms with Crippen LogP contribution in [0.2, 0.25) is 0 Å². The highest BCUT2D eigenvalue weighted by Crippen LogP contribution is 2.27. The SMILES string of the molecule is O=C(N[C@H]1CN2CCC1CC2)c1ccc2c(I)n[nH]c2c1. The fourth-order valence-corrected chi connectivity index (χ4v) is 4.10. The van der Waals surface area contributed by atoms with Crippen molar-refractivity contribution in [3.63, 3.8) is 0 Å². The number of aromatic nitrogens is 2. The molecule has 0 spiro atoms. The third-order valence-corrected chi connectivity index (χ3v) is 5.57. The van der Waals surface area contributed by atoms with Crippen LogP contribution in [0, 0.1) is 9.62 Å². The number of hydrogen-bond acceptors (Lipinski definition) is 3. The van der Waals surface area contributed by atoms with Crippen LogP contribution in [0.4, 0.5) is 0 Å². The number of amides is 1. The Kier molecular flexibility index (Phi) is 3.37. The summed E-state index contributed by atoms with van der Waals surface area (Å²) in [6, 6.07) is 6.04. The van der Waals surface area contributed by atoms with E-state index in [-0.39, 0.29) is 5.91 Å². The summed E-state index contributed by atoms with van der Waals surface area (Å²) in [6.07, 6.45) is 2.42. The molecule has 3 saturated heterocycles. The first-order chi connectivity index (χ1) is 10.2. The second-order valence-electron chi connectivity index (χ2n) is 5.99.